The van der Waals surface area contributed by atoms with E-state index in [0.717, 1.165) is 31.7 Å². The van der Waals surface area contributed by atoms with Gasteiger partial charge in [0.1, 0.15) is 0 Å². The average Bonchev–Trinajstić information content (AvgIpc) is 3.34. The van der Waals surface area contributed by atoms with Crippen molar-refractivity contribution in [1.82, 2.24) is 20.4 Å². The number of benzene rings is 2. The maximum Gasteiger partial charge on any atom is 0.314 e. The highest BCUT2D eigenvalue weighted by Crippen LogP contribution is 2.25. The molecular formula is C22H25F2N5O3S. The number of anilines is 1. The summed E-state index contributed by atoms with van der Waals surface area (Å²) in [7, 11) is -3.59. The Balaban J connectivity index is 1.51. The highest BCUT2D eigenvalue weighted by molar-refractivity contribution is 7.92. The summed E-state index contributed by atoms with van der Waals surface area (Å²) in [5, 5.41) is 10.2. The van der Waals surface area contributed by atoms with E-state index in [1.54, 1.807) is 48.5 Å². The van der Waals surface area contributed by atoms with Gasteiger partial charge in [-0.1, -0.05) is 30.3 Å². The molecular weight excluding hydrogens is 452 g/mol. The number of halogens is 2. The minimum atomic E-state index is -3.59. The van der Waals surface area contributed by atoms with Gasteiger partial charge in [-0.15, -0.1) is 10.2 Å². The summed E-state index contributed by atoms with van der Waals surface area (Å²) < 4.78 is 58.4. The standard InChI is InChI=1S/C22H25F2N5O3S/c23-20(24)22-27-26-21(32-22)18-8-6-17(7-9-18)16-29(19-4-2-1-3-5-19)33(30,31)15-14-28-12-10-25-11-13-28/h1-9,20,25H,10-16H2. The summed E-state index contributed by atoms with van der Waals surface area (Å²) in [6.45, 7) is 3.97. The Labute approximate surface area is 191 Å². The zero-order valence-electron chi connectivity index (χ0n) is 17.9. The van der Waals surface area contributed by atoms with Crippen molar-refractivity contribution in [2.24, 2.45) is 0 Å². The number of hydrogen-bond acceptors (Lipinski definition) is 7. The van der Waals surface area contributed by atoms with Crippen LogP contribution in [0, 0.1) is 0 Å². The van der Waals surface area contributed by atoms with E-state index in [2.05, 4.69) is 20.4 Å². The first-order valence-electron chi connectivity index (χ1n) is 10.6. The predicted octanol–water partition coefficient (Wildman–Crippen LogP) is 2.92. The number of rotatable bonds is 9. The van der Waals surface area contributed by atoms with Crippen LogP contribution in [-0.4, -0.2) is 62.0 Å². The molecule has 4 rings (SSSR count). The number of nitrogens with zero attached hydrogens (tertiary/aromatic N) is 4. The zero-order valence-corrected chi connectivity index (χ0v) is 18.7. The second kappa shape index (κ2) is 10.4. The lowest BCUT2D eigenvalue weighted by Crippen LogP contribution is -2.46. The van der Waals surface area contributed by atoms with Gasteiger partial charge in [-0.2, -0.15) is 8.78 Å². The van der Waals surface area contributed by atoms with Crippen LogP contribution in [0.1, 0.15) is 17.9 Å². The molecule has 1 N–H and O–H groups in total. The number of para-hydroxylation sites is 1. The van der Waals surface area contributed by atoms with Gasteiger partial charge in [-0.25, -0.2) is 8.42 Å². The summed E-state index contributed by atoms with van der Waals surface area (Å²) in [4.78, 5) is 2.14. The molecule has 0 bridgehead atoms. The molecule has 1 saturated heterocycles. The fraction of sp³-hybridized carbons (Fsp3) is 0.364. The smallest absolute Gasteiger partial charge is 0.314 e. The van der Waals surface area contributed by atoms with Crippen molar-refractivity contribution < 1.29 is 21.6 Å². The van der Waals surface area contributed by atoms with Gasteiger partial charge in [-0.05, 0) is 29.8 Å². The van der Waals surface area contributed by atoms with E-state index in [-0.39, 0.29) is 18.2 Å². The molecule has 8 nitrogen and oxygen atoms in total. The number of alkyl halides is 2. The molecule has 1 aliphatic rings. The van der Waals surface area contributed by atoms with Gasteiger partial charge < -0.3 is 9.73 Å². The molecule has 3 aromatic rings. The predicted molar refractivity (Wildman–Crippen MR) is 120 cm³/mol. The van der Waals surface area contributed by atoms with Crippen LogP contribution in [0.5, 0.6) is 0 Å². The van der Waals surface area contributed by atoms with Crippen molar-refractivity contribution >= 4 is 15.7 Å². The van der Waals surface area contributed by atoms with Gasteiger partial charge in [-0.3, -0.25) is 9.21 Å². The fourth-order valence-corrected chi connectivity index (χ4v) is 5.09. The first kappa shape index (κ1) is 23.3. The van der Waals surface area contributed by atoms with Crippen LogP contribution >= 0.6 is 0 Å². The Morgan fingerprint density at radius 1 is 1.03 bits per heavy atom. The molecule has 1 fully saturated rings. The molecule has 1 aromatic heterocycles. The molecule has 176 valence electrons. The zero-order chi connectivity index (χ0) is 23.3. The second-order valence-electron chi connectivity index (χ2n) is 7.69. The fourth-order valence-electron chi connectivity index (χ4n) is 3.59. The Kier molecular flexibility index (Phi) is 7.31. The first-order valence-corrected chi connectivity index (χ1v) is 12.2. The van der Waals surface area contributed by atoms with E-state index >= 15 is 0 Å². The Hall–Kier alpha value is -2.89. The largest absolute Gasteiger partial charge is 0.415 e. The van der Waals surface area contributed by atoms with E-state index in [9.17, 15) is 17.2 Å². The maximum atomic E-state index is 13.3. The van der Waals surface area contributed by atoms with Gasteiger partial charge >= 0.3 is 6.43 Å². The number of sulfonamides is 1. The Bertz CT molecular complexity index is 1130. The van der Waals surface area contributed by atoms with Crippen molar-refractivity contribution in [3.63, 3.8) is 0 Å². The summed E-state index contributed by atoms with van der Waals surface area (Å²) >= 11 is 0. The molecule has 0 saturated carbocycles. The van der Waals surface area contributed by atoms with E-state index < -0.39 is 22.3 Å². The monoisotopic (exact) mass is 477 g/mol. The third kappa shape index (κ3) is 5.92. The topological polar surface area (TPSA) is 91.6 Å². The van der Waals surface area contributed by atoms with Crippen LogP contribution in [0.2, 0.25) is 0 Å². The van der Waals surface area contributed by atoms with E-state index in [4.69, 9.17) is 4.42 Å². The lowest BCUT2D eigenvalue weighted by atomic mass is 10.1. The van der Waals surface area contributed by atoms with Crippen molar-refractivity contribution in [1.29, 1.82) is 0 Å². The Morgan fingerprint density at radius 3 is 2.36 bits per heavy atom. The Morgan fingerprint density at radius 2 is 1.73 bits per heavy atom. The molecule has 0 unspecified atom stereocenters. The minimum absolute atomic E-state index is 0.0123. The number of nitrogens with one attached hydrogen (secondary N) is 1. The second-order valence-corrected chi connectivity index (χ2v) is 9.71. The third-order valence-electron chi connectivity index (χ3n) is 5.41. The molecule has 0 radical (unpaired) electrons. The van der Waals surface area contributed by atoms with Crippen molar-refractivity contribution in [3.05, 3.63) is 66.1 Å². The van der Waals surface area contributed by atoms with Crippen molar-refractivity contribution in [2.45, 2.75) is 13.0 Å². The molecule has 0 atom stereocenters. The molecule has 0 aliphatic carbocycles. The lowest BCUT2D eigenvalue weighted by Gasteiger charge is -2.29. The molecule has 11 heteroatoms. The molecule has 1 aliphatic heterocycles. The highest BCUT2D eigenvalue weighted by atomic mass is 32.2. The van der Waals surface area contributed by atoms with Gasteiger partial charge in [0.15, 0.2) is 0 Å². The van der Waals surface area contributed by atoms with Crippen LogP contribution in [0.15, 0.2) is 59.0 Å². The van der Waals surface area contributed by atoms with Gasteiger partial charge in [0, 0.05) is 38.3 Å². The maximum absolute atomic E-state index is 13.3. The molecule has 2 aromatic carbocycles. The quantitative estimate of drug-likeness (QED) is 0.507. The summed E-state index contributed by atoms with van der Waals surface area (Å²) in [5.74, 6) is -0.737. The van der Waals surface area contributed by atoms with Gasteiger partial charge in [0.05, 0.1) is 18.0 Å². The molecule has 33 heavy (non-hydrogen) atoms. The van der Waals surface area contributed by atoms with Gasteiger partial charge in [0.2, 0.25) is 15.9 Å². The van der Waals surface area contributed by atoms with E-state index in [1.807, 2.05) is 6.07 Å². The summed E-state index contributed by atoms with van der Waals surface area (Å²) in [6.07, 6.45) is -2.84. The number of aromatic nitrogens is 2. The number of hydrogen-bond donors (Lipinski definition) is 1. The van der Waals surface area contributed by atoms with E-state index in [1.165, 1.54) is 4.31 Å². The van der Waals surface area contributed by atoms with Crippen LogP contribution in [0.3, 0.4) is 0 Å². The van der Waals surface area contributed by atoms with Crippen LogP contribution in [0.25, 0.3) is 11.5 Å². The van der Waals surface area contributed by atoms with Crippen molar-refractivity contribution in [2.75, 3.05) is 42.8 Å². The lowest BCUT2D eigenvalue weighted by molar-refractivity contribution is 0.116. The summed E-state index contributed by atoms with van der Waals surface area (Å²) in [5.41, 5.74) is 1.80. The molecule has 2 heterocycles. The van der Waals surface area contributed by atoms with E-state index in [0.29, 0.717) is 17.8 Å². The first-order chi connectivity index (χ1) is 15.9. The minimum Gasteiger partial charge on any atom is -0.415 e. The normalized spacial score (nSPS) is 15.1. The van der Waals surface area contributed by atoms with Crippen LogP contribution in [0.4, 0.5) is 14.5 Å². The number of piperazine rings is 1. The highest BCUT2D eigenvalue weighted by Gasteiger charge is 2.24. The van der Waals surface area contributed by atoms with Crippen LogP contribution in [-0.2, 0) is 16.6 Å². The van der Waals surface area contributed by atoms with Gasteiger partial charge in [0.25, 0.3) is 5.89 Å². The van der Waals surface area contributed by atoms with Crippen molar-refractivity contribution in [3.8, 4) is 11.5 Å². The average molecular weight is 478 g/mol. The molecule has 0 amide bonds. The molecule has 0 spiro atoms. The van der Waals surface area contributed by atoms with Crippen LogP contribution < -0.4 is 9.62 Å². The SMILES string of the molecule is O=S(=O)(CCN1CCNCC1)N(Cc1ccc(-c2nnc(C(F)F)o2)cc1)c1ccccc1. The third-order valence-corrected chi connectivity index (χ3v) is 7.12. The summed E-state index contributed by atoms with van der Waals surface area (Å²) in [6, 6.07) is 15.7.